The molecule has 4 heteroatoms. The van der Waals surface area contributed by atoms with Crippen molar-refractivity contribution >= 4 is 28.3 Å². The number of aromatic nitrogens is 1. The van der Waals surface area contributed by atoms with Crippen molar-refractivity contribution in [3.63, 3.8) is 0 Å². The quantitative estimate of drug-likeness (QED) is 0.684. The number of unbranched alkanes of at least 4 members (excludes halogenated alkanes) is 1. The number of hydrogen-bond acceptors (Lipinski definition) is 1. The fourth-order valence-corrected chi connectivity index (χ4v) is 2.63. The van der Waals surface area contributed by atoms with Crippen molar-refractivity contribution in [2.75, 3.05) is 16.8 Å². The van der Waals surface area contributed by atoms with Crippen molar-refractivity contribution in [3.8, 4) is 0 Å². The SMILES string of the molecule is CCCCN(C(=O)Nc1c[nH]c2ccccc12)c1ccccc1. The van der Waals surface area contributed by atoms with Crippen LogP contribution < -0.4 is 10.2 Å². The molecule has 0 unspecified atom stereocenters. The van der Waals surface area contributed by atoms with Crippen LogP contribution in [0.5, 0.6) is 0 Å². The van der Waals surface area contributed by atoms with Crippen LogP contribution in [0.4, 0.5) is 16.2 Å². The van der Waals surface area contributed by atoms with Crippen LogP contribution >= 0.6 is 0 Å². The van der Waals surface area contributed by atoms with Gasteiger partial charge in [0.25, 0.3) is 0 Å². The number of H-pyrrole nitrogens is 1. The van der Waals surface area contributed by atoms with Crippen LogP contribution in [0, 0.1) is 0 Å². The van der Waals surface area contributed by atoms with Gasteiger partial charge in [-0.2, -0.15) is 0 Å². The summed E-state index contributed by atoms with van der Waals surface area (Å²) in [4.78, 5) is 17.7. The number of para-hydroxylation sites is 2. The van der Waals surface area contributed by atoms with Crippen molar-refractivity contribution in [1.29, 1.82) is 0 Å². The van der Waals surface area contributed by atoms with Gasteiger partial charge in [0.05, 0.1) is 5.69 Å². The lowest BCUT2D eigenvalue weighted by molar-refractivity contribution is 0.257. The molecule has 0 atom stereocenters. The molecule has 2 amide bonds. The maximum Gasteiger partial charge on any atom is 0.326 e. The average Bonchev–Trinajstić information content (AvgIpc) is 2.99. The van der Waals surface area contributed by atoms with Gasteiger partial charge in [-0.25, -0.2) is 4.79 Å². The molecule has 0 spiro atoms. The van der Waals surface area contributed by atoms with Crippen LogP contribution in [-0.2, 0) is 0 Å². The van der Waals surface area contributed by atoms with E-state index in [9.17, 15) is 4.79 Å². The smallest absolute Gasteiger partial charge is 0.326 e. The maximum absolute atomic E-state index is 12.8. The first-order chi connectivity index (χ1) is 11.3. The molecule has 4 nitrogen and oxygen atoms in total. The summed E-state index contributed by atoms with van der Waals surface area (Å²) in [5, 5.41) is 4.05. The van der Waals surface area contributed by atoms with Gasteiger partial charge in [0.2, 0.25) is 0 Å². The van der Waals surface area contributed by atoms with E-state index in [1.165, 1.54) is 0 Å². The lowest BCUT2D eigenvalue weighted by Gasteiger charge is -2.23. The minimum absolute atomic E-state index is 0.102. The van der Waals surface area contributed by atoms with Crippen molar-refractivity contribution in [3.05, 3.63) is 60.8 Å². The van der Waals surface area contributed by atoms with Crippen molar-refractivity contribution in [2.24, 2.45) is 0 Å². The molecule has 0 fully saturated rings. The van der Waals surface area contributed by atoms with Crippen LogP contribution in [0.15, 0.2) is 60.8 Å². The molecule has 23 heavy (non-hydrogen) atoms. The summed E-state index contributed by atoms with van der Waals surface area (Å²) in [5.41, 5.74) is 2.74. The van der Waals surface area contributed by atoms with E-state index in [2.05, 4.69) is 17.2 Å². The summed E-state index contributed by atoms with van der Waals surface area (Å²) in [6.45, 7) is 2.83. The number of carbonyl (C=O) groups excluding carboxylic acids is 1. The van der Waals surface area contributed by atoms with E-state index >= 15 is 0 Å². The molecule has 0 saturated carbocycles. The first-order valence-electron chi connectivity index (χ1n) is 7.99. The zero-order valence-corrected chi connectivity index (χ0v) is 13.3. The van der Waals surface area contributed by atoms with Crippen LogP contribution in [0.25, 0.3) is 10.9 Å². The van der Waals surface area contributed by atoms with Crippen LogP contribution in [0.1, 0.15) is 19.8 Å². The summed E-state index contributed by atoms with van der Waals surface area (Å²) >= 11 is 0. The lowest BCUT2D eigenvalue weighted by atomic mass is 10.2. The van der Waals surface area contributed by atoms with Gasteiger partial charge in [-0.05, 0) is 24.6 Å². The van der Waals surface area contributed by atoms with Crippen LogP contribution in [-0.4, -0.2) is 17.6 Å². The highest BCUT2D eigenvalue weighted by Crippen LogP contribution is 2.24. The number of fused-ring (bicyclic) bond motifs is 1. The van der Waals surface area contributed by atoms with Crippen molar-refractivity contribution in [2.45, 2.75) is 19.8 Å². The number of benzene rings is 2. The molecule has 3 rings (SSSR count). The molecule has 1 aromatic heterocycles. The fourth-order valence-electron chi connectivity index (χ4n) is 2.63. The molecular weight excluding hydrogens is 286 g/mol. The first-order valence-corrected chi connectivity index (χ1v) is 7.99. The average molecular weight is 307 g/mol. The fraction of sp³-hybridized carbons (Fsp3) is 0.211. The number of nitrogens with one attached hydrogen (secondary N) is 2. The Morgan fingerprint density at radius 2 is 1.83 bits per heavy atom. The van der Waals surface area contributed by atoms with E-state index < -0.39 is 0 Å². The van der Waals surface area contributed by atoms with Crippen LogP contribution in [0.3, 0.4) is 0 Å². The van der Waals surface area contributed by atoms with Crippen LogP contribution in [0.2, 0.25) is 0 Å². The lowest BCUT2D eigenvalue weighted by Crippen LogP contribution is -2.35. The van der Waals surface area contributed by atoms with Gasteiger partial charge in [0, 0.05) is 29.3 Å². The second-order valence-corrected chi connectivity index (χ2v) is 5.52. The molecule has 1 heterocycles. The summed E-state index contributed by atoms with van der Waals surface area (Å²) in [6, 6.07) is 17.6. The number of anilines is 2. The van der Waals surface area contributed by atoms with E-state index in [1.807, 2.05) is 60.8 Å². The van der Waals surface area contributed by atoms with E-state index in [0.29, 0.717) is 6.54 Å². The van der Waals surface area contributed by atoms with Gasteiger partial charge in [-0.3, -0.25) is 4.90 Å². The third-order valence-electron chi connectivity index (χ3n) is 3.88. The Morgan fingerprint density at radius 1 is 1.09 bits per heavy atom. The molecule has 2 aromatic carbocycles. The summed E-state index contributed by atoms with van der Waals surface area (Å²) < 4.78 is 0. The predicted molar refractivity (Wildman–Crippen MR) is 96.0 cm³/mol. The number of aromatic amines is 1. The molecule has 3 aromatic rings. The third kappa shape index (κ3) is 3.37. The monoisotopic (exact) mass is 307 g/mol. The zero-order valence-electron chi connectivity index (χ0n) is 13.3. The van der Waals surface area contributed by atoms with Crippen molar-refractivity contribution in [1.82, 2.24) is 4.98 Å². The Labute approximate surface area is 136 Å². The first kappa shape index (κ1) is 15.2. The summed E-state index contributed by atoms with van der Waals surface area (Å²) in [6.07, 6.45) is 3.85. The molecule has 0 aliphatic heterocycles. The molecule has 0 bridgehead atoms. The molecule has 0 radical (unpaired) electrons. The van der Waals surface area contributed by atoms with E-state index in [-0.39, 0.29) is 6.03 Å². The molecule has 2 N–H and O–H groups in total. The normalized spacial score (nSPS) is 10.7. The Bertz CT molecular complexity index is 779. The number of carbonyl (C=O) groups is 1. The van der Waals surface area contributed by atoms with Gasteiger partial charge in [0.1, 0.15) is 0 Å². The minimum Gasteiger partial charge on any atom is -0.359 e. The van der Waals surface area contributed by atoms with E-state index in [1.54, 1.807) is 4.90 Å². The molecule has 0 aliphatic carbocycles. The number of amides is 2. The topological polar surface area (TPSA) is 48.1 Å². The second-order valence-electron chi connectivity index (χ2n) is 5.52. The Morgan fingerprint density at radius 3 is 2.61 bits per heavy atom. The van der Waals surface area contributed by atoms with Gasteiger partial charge >= 0.3 is 6.03 Å². The largest absolute Gasteiger partial charge is 0.359 e. The zero-order chi connectivity index (χ0) is 16.1. The highest BCUT2D eigenvalue weighted by molar-refractivity contribution is 6.07. The Kier molecular flexibility index (Phi) is 4.62. The minimum atomic E-state index is -0.102. The summed E-state index contributed by atoms with van der Waals surface area (Å²) in [5.74, 6) is 0. The van der Waals surface area contributed by atoms with Gasteiger partial charge in [0.15, 0.2) is 0 Å². The summed E-state index contributed by atoms with van der Waals surface area (Å²) in [7, 11) is 0. The Balaban J connectivity index is 1.83. The van der Waals surface area contributed by atoms with E-state index in [4.69, 9.17) is 0 Å². The van der Waals surface area contributed by atoms with Gasteiger partial charge < -0.3 is 10.3 Å². The highest BCUT2D eigenvalue weighted by Gasteiger charge is 2.16. The third-order valence-corrected chi connectivity index (χ3v) is 3.88. The molecule has 118 valence electrons. The Hall–Kier alpha value is -2.75. The number of rotatable bonds is 5. The number of hydrogen-bond donors (Lipinski definition) is 2. The van der Waals surface area contributed by atoms with E-state index in [0.717, 1.165) is 35.1 Å². The maximum atomic E-state index is 12.8. The standard InChI is InChI=1S/C19H21N3O/c1-2-3-13-22(15-9-5-4-6-10-15)19(23)21-18-14-20-17-12-8-7-11-16(17)18/h4-12,14,20H,2-3,13H2,1H3,(H,21,23). The number of nitrogens with zero attached hydrogens (tertiary/aromatic N) is 1. The van der Waals surface area contributed by atoms with Crippen molar-refractivity contribution < 1.29 is 4.79 Å². The number of urea groups is 1. The predicted octanol–water partition coefficient (Wildman–Crippen LogP) is 5.01. The second kappa shape index (κ2) is 7.01. The van der Waals surface area contributed by atoms with Gasteiger partial charge in [-0.15, -0.1) is 0 Å². The molecule has 0 saturated heterocycles. The molecular formula is C19H21N3O. The molecule has 0 aliphatic rings. The van der Waals surface area contributed by atoms with Gasteiger partial charge in [-0.1, -0.05) is 49.7 Å². The highest BCUT2D eigenvalue weighted by atomic mass is 16.2.